The molecule has 1 aromatic carbocycles. The van der Waals surface area contributed by atoms with Crippen molar-refractivity contribution in [1.82, 2.24) is 4.72 Å². The summed E-state index contributed by atoms with van der Waals surface area (Å²) in [7, 11) is -3.64. The highest BCUT2D eigenvalue weighted by Crippen LogP contribution is 2.60. The van der Waals surface area contributed by atoms with E-state index in [1.165, 1.54) is 25.0 Å². The predicted octanol–water partition coefficient (Wildman–Crippen LogP) is 2.92. The van der Waals surface area contributed by atoms with E-state index in [4.69, 9.17) is 28.9 Å². The van der Waals surface area contributed by atoms with Gasteiger partial charge < -0.3 is 5.73 Å². The van der Waals surface area contributed by atoms with Gasteiger partial charge in [0, 0.05) is 18.1 Å². The van der Waals surface area contributed by atoms with E-state index >= 15 is 0 Å². The molecule has 0 bridgehead atoms. The Morgan fingerprint density at radius 2 is 1.90 bits per heavy atom. The number of halogens is 2. The van der Waals surface area contributed by atoms with Gasteiger partial charge in [-0.05, 0) is 54.7 Å². The summed E-state index contributed by atoms with van der Waals surface area (Å²) >= 11 is 12.0. The van der Waals surface area contributed by atoms with Crippen molar-refractivity contribution in [1.29, 1.82) is 0 Å². The molecule has 2 fully saturated rings. The fraction of sp³-hybridized carbons (Fsp3) is 0.571. The molecule has 0 amide bonds. The van der Waals surface area contributed by atoms with Crippen LogP contribution in [0.2, 0.25) is 10.0 Å². The molecule has 116 valence electrons. The quantitative estimate of drug-likeness (QED) is 0.829. The molecule has 2 aliphatic rings. The molecule has 2 saturated carbocycles. The highest BCUT2D eigenvalue weighted by molar-refractivity contribution is 7.89. The Kier molecular flexibility index (Phi) is 3.99. The largest absolute Gasteiger partial charge is 0.326 e. The third-order valence-electron chi connectivity index (χ3n) is 4.56. The van der Waals surface area contributed by atoms with Crippen molar-refractivity contribution in [2.24, 2.45) is 17.1 Å². The summed E-state index contributed by atoms with van der Waals surface area (Å²) < 4.78 is 27.7. The molecule has 1 aromatic rings. The lowest BCUT2D eigenvalue weighted by Gasteiger charge is -2.16. The normalized spacial score (nSPS) is 20.5. The van der Waals surface area contributed by atoms with Gasteiger partial charge in [-0.25, -0.2) is 13.1 Å². The Morgan fingerprint density at radius 3 is 2.43 bits per heavy atom. The molecule has 7 heteroatoms. The van der Waals surface area contributed by atoms with E-state index in [-0.39, 0.29) is 21.9 Å². The Morgan fingerprint density at radius 1 is 1.24 bits per heavy atom. The van der Waals surface area contributed by atoms with E-state index in [1.54, 1.807) is 0 Å². The van der Waals surface area contributed by atoms with E-state index < -0.39 is 10.0 Å². The summed E-state index contributed by atoms with van der Waals surface area (Å²) in [6.45, 7) is 0.668. The average Bonchev–Trinajstić information content (AvgIpc) is 3.27. The second-order valence-electron chi connectivity index (χ2n) is 6.04. The zero-order valence-electron chi connectivity index (χ0n) is 11.5. The van der Waals surface area contributed by atoms with E-state index in [0.717, 1.165) is 12.8 Å². The second-order valence-corrected chi connectivity index (χ2v) is 8.59. The van der Waals surface area contributed by atoms with E-state index in [0.29, 0.717) is 23.0 Å². The molecule has 0 aliphatic heterocycles. The van der Waals surface area contributed by atoms with Crippen molar-refractivity contribution in [2.75, 3.05) is 6.54 Å². The molecule has 0 aromatic heterocycles. The van der Waals surface area contributed by atoms with Crippen LogP contribution in [0.25, 0.3) is 0 Å². The van der Waals surface area contributed by atoms with Gasteiger partial charge >= 0.3 is 0 Å². The van der Waals surface area contributed by atoms with Crippen molar-refractivity contribution >= 4 is 33.2 Å². The lowest BCUT2D eigenvalue weighted by molar-refractivity contribution is 0.432. The molecule has 3 N–H and O–H groups in total. The summed E-state index contributed by atoms with van der Waals surface area (Å²) in [5, 5.41) is 0.513. The van der Waals surface area contributed by atoms with Gasteiger partial charge in [0.25, 0.3) is 0 Å². The first-order valence-electron chi connectivity index (χ1n) is 7.06. The molecule has 0 saturated heterocycles. The zero-order valence-corrected chi connectivity index (χ0v) is 13.9. The Hall–Kier alpha value is -0.330. The number of benzene rings is 1. The van der Waals surface area contributed by atoms with Gasteiger partial charge in [0.1, 0.15) is 4.90 Å². The van der Waals surface area contributed by atoms with Gasteiger partial charge in [0.15, 0.2) is 0 Å². The molecule has 0 heterocycles. The van der Waals surface area contributed by atoms with Crippen LogP contribution in [0.15, 0.2) is 17.0 Å². The maximum atomic E-state index is 12.5. The summed E-state index contributed by atoms with van der Waals surface area (Å²) in [6, 6.07) is 2.90. The van der Waals surface area contributed by atoms with Crippen LogP contribution in [0.3, 0.4) is 0 Å². The summed E-state index contributed by atoms with van der Waals surface area (Å²) in [4.78, 5) is 0.0561. The van der Waals surface area contributed by atoms with Crippen molar-refractivity contribution in [3.63, 3.8) is 0 Å². The highest BCUT2D eigenvalue weighted by atomic mass is 35.5. The number of nitrogens with one attached hydrogen (secondary N) is 1. The van der Waals surface area contributed by atoms with E-state index in [9.17, 15) is 8.42 Å². The summed E-state index contributed by atoms with van der Waals surface area (Å²) in [5.74, 6) is 0.695. The average molecular weight is 349 g/mol. The summed E-state index contributed by atoms with van der Waals surface area (Å²) in [5.41, 5.74) is 6.34. The van der Waals surface area contributed by atoms with Crippen LogP contribution in [0.5, 0.6) is 0 Å². The molecule has 0 unspecified atom stereocenters. The molecule has 0 spiro atoms. The first-order valence-corrected chi connectivity index (χ1v) is 9.29. The number of rotatable bonds is 6. The van der Waals surface area contributed by atoms with Crippen LogP contribution in [0, 0.1) is 11.3 Å². The fourth-order valence-corrected chi connectivity index (χ4v) is 4.85. The third kappa shape index (κ3) is 3.08. The van der Waals surface area contributed by atoms with Gasteiger partial charge in [0.2, 0.25) is 10.0 Å². The molecular formula is C14H18Cl2N2O2S. The molecule has 0 radical (unpaired) electrons. The van der Waals surface area contributed by atoms with Crippen LogP contribution < -0.4 is 10.5 Å². The lowest BCUT2D eigenvalue weighted by atomic mass is 10.0. The van der Waals surface area contributed by atoms with Gasteiger partial charge in [-0.2, -0.15) is 0 Å². The first-order chi connectivity index (χ1) is 9.88. The molecule has 4 nitrogen and oxygen atoms in total. The SMILES string of the molecule is NCc1cc(S(=O)(=O)NCC2(C3CC3)CC2)c(Cl)cc1Cl. The molecule has 2 aliphatic carbocycles. The van der Waals surface area contributed by atoms with Crippen LogP contribution in [-0.2, 0) is 16.6 Å². The number of hydrogen-bond donors (Lipinski definition) is 2. The van der Waals surface area contributed by atoms with Crippen LogP contribution in [0.1, 0.15) is 31.2 Å². The molecular weight excluding hydrogens is 331 g/mol. The lowest BCUT2D eigenvalue weighted by Crippen LogP contribution is -2.31. The van der Waals surface area contributed by atoms with E-state index in [1.807, 2.05) is 0 Å². The molecule has 21 heavy (non-hydrogen) atoms. The highest BCUT2D eigenvalue weighted by Gasteiger charge is 2.53. The Labute approximate surface area is 135 Å². The maximum Gasteiger partial charge on any atom is 0.242 e. The van der Waals surface area contributed by atoms with Gasteiger partial charge in [0.05, 0.1) is 5.02 Å². The minimum atomic E-state index is -3.64. The zero-order chi connectivity index (χ0) is 15.3. The van der Waals surface area contributed by atoms with E-state index in [2.05, 4.69) is 4.72 Å². The van der Waals surface area contributed by atoms with Gasteiger partial charge in [-0.15, -0.1) is 0 Å². The van der Waals surface area contributed by atoms with Crippen molar-refractivity contribution in [3.8, 4) is 0 Å². The monoisotopic (exact) mass is 348 g/mol. The fourth-order valence-electron chi connectivity index (χ4n) is 2.84. The second kappa shape index (κ2) is 5.39. The Bertz CT molecular complexity index is 668. The first kappa shape index (κ1) is 15.6. The maximum absolute atomic E-state index is 12.5. The van der Waals surface area contributed by atoms with Crippen LogP contribution in [0.4, 0.5) is 0 Å². The minimum Gasteiger partial charge on any atom is -0.326 e. The number of hydrogen-bond acceptors (Lipinski definition) is 3. The molecule has 0 atom stereocenters. The number of nitrogens with two attached hydrogens (primary N) is 1. The van der Waals surface area contributed by atoms with Gasteiger partial charge in [-0.3, -0.25) is 0 Å². The van der Waals surface area contributed by atoms with Crippen molar-refractivity contribution in [2.45, 2.75) is 37.1 Å². The van der Waals surface area contributed by atoms with Crippen molar-refractivity contribution < 1.29 is 8.42 Å². The van der Waals surface area contributed by atoms with Crippen LogP contribution >= 0.6 is 23.2 Å². The van der Waals surface area contributed by atoms with Gasteiger partial charge in [-0.1, -0.05) is 23.2 Å². The Balaban J connectivity index is 1.81. The standard InChI is InChI=1S/C14H18Cl2N2O2S/c15-11-6-12(16)13(5-9(11)7-17)21(19,20)18-8-14(3-4-14)10-1-2-10/h5-6,10,18H,1-4,7-8,17H2. The topological polar surface area (TPSA) is 72.2 Å². The smallest absolute Gasteiger partial charge is 0.242 e. The van der Waals surface area contributed by atoms with Crippen LogP contribution in [-0.4, -0.2) is 15.0 Å². The van der Waals surface area contributed by atoms with Crippen molar-refractivity contribution in [3.05, 3.63) is 27.7 Å². The minimum absolute atomic E-state index is 0.0561. The summed E-state index contributed by atoms with van der Waals surface area (Å²) in [6.07, 6.45) is 4.67. The predicted molar refractivity (Wildman–Crippen MR) is 83.9 cm³/mol. The molecule has 3 rings (SSSR count). The third-order valence-corrected chi connectivity index (χ3v) is 6.78. The number of sulfonamides is 1.